The standard InChI is InChI=1S/C20H27N7O2/c1-2-27-17-15(24-18(27)20(29)25-8-3-4-9-25)16(21-12-22-17)23-14-7-10-26(11-14)19(28)13-5-6-13/h12-14H,2-11H2,1H3,(H,21,22,23)/t14-/m0/s1. The van der Waals surface area contributed by atoms with Gasteiger partial charge in [0.05, 0.1) is 0 Å². The van der Waals surface area contributed by atoms with Gasteiger partial charge in [0.25, 0.3) is 5.91 Å². The quantitative estimate of drug-likeness (QED) is 0.821. The van der Waals surface area contributed by atoms with Gasteiger partial charge in [0, 0.05) is 44.7 Å². The van der Waals surface area contributed by atoms with Crippen molar-refractivity contribution in [2.75, 3.05) is 31.5 Å². The summed E-state index contributed by atoms with van der Waals surface area (Å²) >= 11 is 0. The summed E-state index contributed by atoms with van der Waals surface area (Å²) in [4.78, 5) is 42.6. The first-order chi connectivity index (χ1) is 14.2. The van der Waals surface area contributed by atoms with Gasteiger partial charge in [-0.1, -0.05) is 0 Å². The maximum atomic E-state index is 13.0. The fourth-order valence-electron chi connectivity index (χ4n) is 4.43. The molecule has 1 atom stereocenters. The second-order valence-electron chi connectivity index (χ2n) is 8.26. The summed E-state index contributed by atoms with van der Waals surface area (Å²) < 4.78 is 1.88. The van der Waals surface area contributed by atoms with Crippen molar-refractivity contribution in [3.63, 3.8) is 0 Å². The van der Waals surface area contributed by atoms with Crippen LogP contribution in [0, 0.1) is 5.92 Å². The van der Waals surface area contributed by atoms with E-state index in [2.05, 4.69) is 20.3 Å². The first-order valence-corrected chi connectivity index (χ1v) is 10.7. The van der Waals surface area contributed by atoms with E-state index in [1.807, 2.05) is 21.3 Å². The van der Waals surface area contributed by atoms with Crippen LogP contribution in [0.5, 0.6) is 0 Å². The van der Waals surface area contributed by atoms with Crippen LogP contribution in [0.15, 0.2) is 6.33 Å². The number of nitrogens with zero attached hydrogens (tertiary/aromatic N) is 6. The highest BCUT2D eigenvalue weighted by atomic mass is 16.2. The Kier molecular flexibility index (Phi) is 4.60. The van der Waals surface area contributed by atoms with Crippen molar-refractivity contribution in [3.8, 4) is 0 Å². The normalized spacial score (nSPS) is 21.9. The number of hydrogen-bond donors (Lipinski definition) is 1. The molecule has 9 nitrogen and oxygen atoms in total. The SMILES string of the molecule is CCn1c(C(=O)N2CCCC2)nc2c(N[C@H]3CCN(C(=O)C4CC4)C3)ncnc21. The van der Waals surface area contributed by atoms with Gasteiger partial charge in [-0.05, 0) is 39.0 Å². The van der Waals surface area contributed by atoms with Crippen molar-refractivity contribution < 1.29 is 9.59 Å². The Hall–Kier alpha value is -2.71. The van der Waals surface area contributed by atoms with Gasteiger partial charge < -0.3 is 19.7 Å². The van der Waals surface area contributed by atoms with Crippen LogP contribution in [0.1, 0.15) is 49.6 Å². The Morgan fingerprint density at radius 2 is 1.90 bits per heavy atom. The smallest absolute Gasteiger partial charge is 0.289 e. The van der Waals surface area contributed by atoms with E-state index in [0.717, 1.165) is 51.7 Å². The van der Waals surface area contributed by atoms with E-state index in [0.29, 0.717) is 35.9 Å². The van der Waals surface area contributed by atoms with Crippen LogP contribution in [0.25, 0.3) is 11.2 Å². The number of aryl methyl sites for hydroxylation is 1. The number of anilines is 1. The Morgan fingerprint density at radius 3 is 2.62 bits per heavy atom. The van der Waals surface area contributed by atoms with Crippen LogP contribution in [0.2, 0.25) is 0 Å². The third kappa shape index (κ3) is 3.32. The molecule has 1 aliphatic carbocycles. The van der Waals surface area contributed by atoms with Crippen LogP contribution in [0.4, 0.5) is 5.82 Å². The molecule has 2 aliphatic heterocycles. The molecule has 1 saturated carbocycles. The number of rotatable bonds is 5. The molecule has 5 rings (SSSR count). The monoisotopic (exact) mass is 397 g/mol. The maximum Gasteiger partial charge on any atom is 0.289 e. The molecule has 154 valence electrons. The van der Waals surface area contributed by atoms with Crippen molar-refractivity contribution in [1.29, 1.82) is 0 Å². The molecule has 0 radical (unpaired) electrons. The summed E-state index contributed by atoms with van der Waals surface area (Å²) in [5.41, 5.74) is 1.31. The van der Waals surface area contributed by atoms with E-state index in [-0.39, 0.29) is 23.8 Å². The zero-order valence-corrected chi connectivity index (χ0v) is 16.8. The van der Waals surface area contributed by atoms with Gasteiger partial charge in [0.15, 0.2) is 17.0 Å². The molecule has 4 heterocycles. The third-order valence-electron chi connectivity index (χ3n) is 6.20. The van der Waals surface area contributed by atoms with E-state index >= 15 is 0 Å². The van der Waals surface area contributed by atoms with Crippen LogP contribution < -0.4 is 5.32 Å². The van der Waals surface area contributed by atoms with E-state index in [9.17, 15) is 9.59 Å². The number of fused-ring (bicyclic) bond motifs is 1. The van der Waals surface area contributed by atoms with Crippen LogP contribution >= 0.6 is 0 Å². The summed E-state index contributed by atoms with van der Waals surface area (Å²) in [6, 6.07) is 0.139. The summed E-state index contributed by atoms with van der Waals surface area (Å²) in [6.07, 6.45) is 6.55. The average Bonchev–Trinajstić information content (AvgIpc) is 3.12. The first-order valence-electron chi connectivity index (χ1n) is 10.7. The number of nitrogens with one attached hydrogen (secondary N) is 1. The van der Waals surface area contributed by atoms with Gasteiger partial charge in [0.1, 0.15) is 6.33 Å². The van der Waals surface area contributed by atoms with Gasteiger partial charge >= 0.3 is 0 Å². The van der Waals surface area contributed by atoms with Crippen molar-refractivity contribution >= 4 is 28.8 Å². The Morgan fingerprint density at radius 1 is 1.10 bits per heavy atom. The highest BCUT2D eigenvalue weighted by molar-refractivity contribution is 5.96. The lowest BCUT2D eigenvalue weighted by molar-refractivity contribution is -0.131. The molecule has 3 aliphatic rings. The third-order valence-corrected chi connectivity index (χ3v) is 6.20. The van der Waals surface area contributed by atoms with Gasteiger partial charge in [-0.3, -0.25) is 9.59 Å². The molecule has 2 aromatic rings. The number of aromatic nitrogens is 4. The van der Waals surface area contributed by atoms with Crippen LogP contribution in [-0.4, -0.2) is 73.4 Å². The van der Waals surface area contributed by atoms with Gasteiger partial charge in [-0.2, -0.15) is 0 Å². The van der Waals surface area contributed by atoms with Crippen molar-refractivity contribution in [3.05, 3.63) is 12.2 Å². The summed E-state index contributed by atoms with van der Waals surface area (Å²) in [6.45, 7) is 5.66. The number of imidazole rings is 1. The van der Waals surface area contributed by atoms with E-state index < -0.39 is 0 Å². The second-order valence-corrected chi connectivity index (χ2v) is 8.26. The predicted molar refractivity (Wildman–Crippen MR) is 107 cm³/mol. The van der Waals surface area contributed by atoms with Gasteiger partial charge in [0.2, 0.25) is 11.7 Å². The van der Waals surface area contributed by atoms with Crippen LogP contribution in [0.3, 0.4) is 0 Å². The minimum absolute atomic E-state index is 0.0321. The molecule has 29 heavy (non-hydrogen) atoms. The van der Waals surface area contributed by atoms with Crippen LogP contribution in [-0.2, 0) is 11.3 Å². The highest BCUT2D eigenvalue weighted by Crippen LogP contribution is 2.32. The largest absolute Gasteiger partial charge is 0.364 e. The lowest BCUT2D eigenvalue weighted by atomic mass is 10.2. The molecule has 0 spiro atoms. The fourth-order valence-corrected chi connectivity index (χ4v) is 4.43. The molecule has 0 bridgehead atoms. The summed E-state index contributed by atoms with van der Waals surface area (Å²) in [5, 5.41) is 3.46. The zero-order chi connectivity index (χ0) is 20.0. The lowest BCUT2D eigenvalue weighted by Crippen LogP contribution is -2.32. The van der Waals surface area contributed by atoms with Gasteiger partial charge in [-0.15, -0.1) is 0 Å². The first kappa shape index (κ1) is 18.3. The maximum absolute atomic E-state index is 13.0. The Labute approximate surface area is 169 Å². The summed E-state index contributed by atoms with van der Waals surface area (Å²) in [5.74, 6) is 1.58. The Balaban J connectivity index is 1.39. The molecule has 9 heteroatoms. The minimum Gasteiger partial charge on any atom is -0.364 e. The van der Waals surface area contributed by atoms with E-state index in [1.165, 1.54) is 6.33 Å². The average molecular weight is 397 g/mol. The second kappa shape index (κ2) is 7.27. The highest BCUT2D eigenvalue weighted by Gasteiger charge is 2.37. The van der Waals surface area contributed by atoms with E-state index in [4.69, 9.17) is 0 Å². The van der Waals surface area contributed by atoms with E-state index in [1.54, 1.807) is 0 Å². The number of likely N-dealkylation sites (tertiary alicyclic amines) is 2. The molecule has 1 N–H and O–H groups in total. The molecule has 0 aromatic carbocycles. The lowest BCUT2D eigenvalue weighted by Gasteiger charge is -2.17. The molecule has 3 fully saturated rings. The molecular weight excluding hydrogens is 370 g/mol. The Bertz CT molecular complexity index is 946. The molecule has 2 amide bonds. The van der Waals surface area contributed by atoms with Gasteiger partial charge in [-0.25, -0.2) is 15.0 Å². The van der Waals surface area contributed by atoms with Crippen molar-refractivity contribution in [2.45, 2.75) is 51.6 Å². The fraction of sp³-hybridized carbons (Fsp3) is 0.650. The molecule has 2 saturated heterocycles. The zero-order valence-electron chi connectivity index (χ0n) is 16.8. The van der Waals surface area contributed by atoms with Crippen molar-refractivity contribution in [1.82, 2.24) is 29.3 Å². The number of carbonyl (C=O) groups is 2. The molecule has 0 unspecified atom stereocenters. The molecular formula is C20H27N7O2. The van der Waals surface area contributed by atoms with Crippen molar-refractivity contribution in [2.24, 2.45) is 5.92 Å². The number of carbonyl (C=O) groups excluding carboxylic acids is 2. The number of hydrogen-bond acceptors (Lipinski definition) is 6. The number of amides is 2. The summed E-state index contributed by atoms with van der Waals surface area (Å²) in [7, 11) is 0. The topological polar surface area (TPSA) is 96.2 Å². The predicted octanol–water partition coefficient (Wildman–Crippen LogP) is 1.50. The molecule has 2 aromatic heterocycles. The minimum atomic E-state index is -0.0321.